The summed E-state index contributed by atoms with van der Waals surface area (Å²) in [5, 5.41) is 4.41. The first-order valence-electron chi connectivity index (χ1n) is 7.70. The molecule has 1 aliphatic heterocycles. The number of hydrogen-bond donors (Lipinski definition) is 1. The Kier molecular flexibility index (Phi) is 3.45. The number of hydrogen-bond acceptors (Lipinski definition) is 5. The third-order valence-corrected chi connectivity index (χ3v) is 9.35. The van der Waals surface area contributed by atoms with Crippen molar-refractivity contribution < 1.29 is 4.43 Å². The average molecular weight is 319 g/mol. The first kappa shape index (κ1) is 15.3. The van der Waals surface area contributed by atoms with Crippen molar-refractivity contribution in [2.24, 2.45) is 0 Å². The molecule has 0 spiro atoms. The Labute approximate surface area is 132 Å². The second-order valence-electron chi connectivity index (χ2n) is 7.57. The van der Waals surface area contributed by atoms with Crippen molar-refractivity contribution in [2.45, 2.75) is 45.0 Å². The number of anilines is 2. The summed E-state index contributed by atoms with van der Waals surface area (Å²) < 4.78 is 8.15. The molecule has 0 aromatic carbocycles. The summed E-state index contributed by atoms with van der Waals surface area (Å²) in [5.41, 5.74) is 7.53. The molecule has 1 saturated heterocycles. The lowest BCUT2D eigenvalue weighted by Crippen LogP contribution is -2.58. The van der Waals surface area contributed by atoms with Crippen LogP contribution < -0.4 is 10.6 Å². The third-order valence-electron chi connectivity index (χ3n) is 4.81. The van der Waals surface area contributed by atoms with Crippen LogP contribution in [0.5, 0.6) is 0 Å². The van der Waals surface area contributed by atoms with Crippen molar-refractivity contribution in [3.8, 4) is 0 Å². The van der Waals surface area contributed by atoms with E-state index < -0.39 is 8.32 Å². The summed E-state index contributed by atoms with van der Waals surface area (Å²) >= 11 is 0. The molecule has 3 heterocycles. The van der Waals surface area contributed by atoms with Crippen molar-refractivity contribution in [3.63, 3.8) is 0 Å². The highest BCUT2D eigenvalue weighted by atomic mass is 28.4. The van der Waals surface area contributed by atoms with Gasteiger partial charge in [0.25, 0.3) is 0 Å². The molecule has 0 radical (unpaired) electrons. The van der Waals surface area contributed by atoms with Crippen LogP contribution in [-0.4, -0.2) is 42.1 Å². The Morgan fingerprint density at radius 1 is 1.27 bits per heavy atom. The number of nitrogen functional groups attached to an aromatic ring is 1. The fourth-order valence-electron chi connectivity index (χ4n) is 2.39. The predicted octanol–water partition coefficient (Wildman–Crippen LogP) is 2.52. The molecule has 0 amide bonds. The molecule has 1 aliphatic rings. The number of nitrogens with two attached hydrogens (primary N) is 1. The van der Waals surface area contributed by atoms with Gasteiger partial charge in [0, 0.05) is 13.1 Å². The molecule has 120 valence electrons. The molecule has 3 rings (SSSR count). The molecule has 6 nitrogen and oxygen atoms in total. The van der Waals surface area contributed by atoms with Crippen molar-refractivity contribution in [1.29, 1.82) is 0 Å². The van der Waals surface area contributed by atoms with Crippen molar-refractivity contribution in [2.75, 3.05) is 23.7 Å². The zero-order valence-electron chi connectivity index (χ0n) is 14.0. The van der Waals surface area contributed by atoms with Gasteiger partial charge >= 0.3 is 0 Å². The molecule has 0 bridgehead atoms. The molecule has 22 heavy (non-hydrogen) atoms. The van der Waals surface area contributed by atoms with Gasteiger partial charge in [0.05, 0.1) is 18.0 Å². The first-order chi connectivity index (χ1) is 10.2. The number of fused-ring (bicyclic) bond motifs is 1. The average Bonchev–Trinajstić information content (AvgIpc) is 2.70. The van der Waals surface area contributed by atoms with Gasteiger partial charge in [0.2, 0.25) is 5.95 Å². The summed E-state index contributed by atoms with van der Waals surface area (Å²) in [6.45, 7) is 13.3. The van der Waals surface area contributed by atoms with Crippen LogP contribution in [0, 0.1) is 0 Å². The molecule has 2 aromatic heterocycles. The predicted molar refractivity (Wildman–Crippen MR) is 91.7 cm³/mol. The van der Waals surface area contributed by atoms with Crippen LogP contribution in [0.4, 0.5) is 11.6 Å². The van der Waals surface area contributed by atoms with Crippen molar-refractivity contribution in [3.05, 3.63) is 18.3 Å². The monoisotopic (exact) mass is 319 g/mol. The smallest absolute Gasteiger partial charge is 0.240 e. The quantitative estimate of drug-likeness (QED) is 0.880. The minimum Gasteiger partial charge on any atom is -0.410 e. The van der Waals surface area contributed by atoms with Crippen LogP contribution in [0.2, 0.25) is 18.1 Å². The maximum absolute atomic E-state index is 6.42. The lowest BCUT2D eigenvalue weighted by molar-refractivity contribution is 0.149. The van der Waals surface area contributed by atoms with Crippen molar-refractivity contribution >= 4 is 25.6 Å². The summed E-state index contributed by atoms with van der Waals surface area (Å²) in [6, 6.07) is 4.01. The summed E-state index contributed by atoms with van der Waals surface area (Å²) in [5.74, 6) is 0.305. The Bertz CT molecular complexity index is 685. The van der Waals surface area contributed by atoms with Gasteiger partial charge in [0.15, 0.2) is 14.0 Å². The van der Waals surface area contributed by atoms with Crippen molar-refractivity contribution in [1.82, 2.24) is 14.6 Å². The van der Waals surface area contributed by atoms with Gasteiger partial charge in [-0.1, -0.05) is 20.8 Å². The number of nitrogens with zero attached hydrogens (tertiary/aromatic N) is 4. The summed E-state index contributed by atoms with van der Waals surface area (Å²) in [6.07, 6.45) is 2.30. The van der Waals surface area contributed by atoms with Gasteiger partial charge in [0.1, 0.15) is 0 Å². The topological polar surface area (TPSA) is 68.7 Å². The van der Waals surface area contributed by atoms with E-state index >= 15 is 0 Å². The number of aromatic nitrogens is 3. The maximum Gasteiger partial charge on any atom is 0.240 e. The lowest BCUT2D eigenvalue weighted by atomic mass is 10.1. The van der Waals surface area contributed by atoms with Gasteiger partial charge < -0.3 is 15.1 Å². The van der Waals surface area contributed by atoms with E-state index in [9.17, 15) is 0 Å². The van der Waals surface area contributed by atoms with E-state index in [0.717, 1.165) is 24.4 Å². The Morgan fingerprint density at radius 2 is 1.95 bits per heavy atom. The Hall–Kier alpha value is -1.60. The third kappa shape index (κ3) is 2.70. The highest BCUT2D eigenvalue weighted by Crippen LogP contribution is 2.38. The molecular formula is C15H25N5OSi. The van der Waals surface area contributed by atoms with E-state index in [2.05, 4.69) is 54.9 Å². The van der Waals surface area contributed by atoms with E-state index in [1.165, 1.54) is 0 Å². The molecule has 0 saturated carbocycles. The number of rotatable bonds is 3. The zero-order chi connectivity index (χ0) is 16.1. The minimum absolute atomic E-state index is 0.255. The van der Waals surface area contributed by atoms with Crippen LogP contribution in [0.1, 0.15) is 20.8 Å². The largest absolute Gasteiger partial charge is 0.410 e. The molecule has 1 fully saturated rings. The highest BCUT2D eigenvalue weighted by Gasteiger charge is 2.42. The lowest BCUT2D eigenvalue weighted by Gasteiger charge is -2.47. The summed E-state index contributed by atoms with van der Waals surface area (Å²) in [7, 11) is -1.68. The molecular weight excluding hydrogens is 294 g/mol. The minimum atomic E-state index is -1.68. The van der Waals surface area contributed by atoms with Gasteiger partial charge in [-0.25, -0.2) is 4.52 Å². The van der Waals surface area contributed by atoms with Crippen LogP contribution in [0.15, 0.2) is 18.3 Å². The van der Waals surface area contributed by atoms with Gasteiger partial charge in [-0.3, -0.25) is 0 Å². The van der Waals surface area contributed by atoms with Gasteiger partial charge in [-0.05, 0) is 30.3 Å². The summed E-state index contributed by atoms with van der Waals surface area (Å²) in [4.78, 5) is 6.44. The fourth-order valence-corrected chi connectivity index (χ4v) is 3.73. The standard InChI is InChI=1S/C15H25N5OSi/c1-15(2,3)22(4,5)21-12-9-19(10-12)11-6-7-13-17-14(16)18-20(13)8-11/h6-8,12H,9-10H2,1-5H3,(H2,16,18). The van der Waals surface area contributed by atoms with Crippen LogP contribution in [0.3, 0.4) is 0 Å². The maximum atomic E-state index is 6.42. The SMILES string of the molecule is CC(C)(C)[Si](C)(C)OC1CN(c2ccc3nc(N)nn3c2)C1. The highest BCUT2D eigenvalue weighted by molar-refractivity contribution is 6.74. The normalized spacial score (nSPS) is 17.0. The Morgan fingerprint density at radius 3 is 2.59 bits per heavy atom. The Balaban J connectivity index is 1.65. The fraction of sp³-hybridized carbons (Fsp3) is 0.600. The van der Waals surface area contributed by atoms with Gasteiger partial charge in [-0.2, -0.15) is 4.98 Å². The first-order valence-corrected chi connectivity index (χ1v) is 10.6. The molecule has 0 unspecified atom stereocenters. The van der Waals surface area contributed by atoms with E-state index in [-0.39, 0.29) is 5.04 Å². The van der Waals surface area contributed by atoms with Crippen LogP contribution >= 0.6 is 0 Å². The van der Waals surface area contributed by atoms with E-state index in [1.807, 2.05) is 12.3 Å². The molecule has 7 heteroatoms. The molecule has 2 aromatic rings. The molecule has 0 aliphatic carbocycles. The second kappa shape index (κ2) is 4.96. The van der Waals surface area contributed by atoms with Crippen LogP contribution in [0.25, 0.3) is 5.65 Å². The molecule has 2 N–H and O–H groups in total. The van der Waals surface area contributed by atoms with E-state index in [1.54, 1.807) is 4.52 Å². The van der Waals surface area contributed by atoms with E-state index in [4.69, 9.17) is 10.2 Å². The molecule has 0 atom stereocenters. The number of pyridine rings is 1. The van der Waals surface area contributed by atoms with Gasteiger partial charge in [-0.15, -0.1) is 5.10 Å². The van der Waals surface area contributed by atoms with Crippen LogP contribution in [-0.2, 0) is 4.43 Å². The second-order valence-corrected chi connectivity index (χ2v) is 12.3. The zero-order valence-corrected chi connectivity index (χ0v) is 15.0. The van der Waals surface area contributed by atoms with E-state index in [0.29, 0.717) is 12.1 Å².